The highest BCUT2D eigenvalue weighted by Crippen LogP contribution is 2.23. The molecule has 0 heterocycles. The third-order valence-corrected chi connectivity index (χ3v) is 1.88. The van der Waals surface area contributed by atoms with Crippen molar-refractivity contribution in [1.82, 2.24) is 0 Å². The molecule has 0 spiro atoms. The topological polar surface area (TPSA) is 69.4 Å². The van der Waals surface area contributed by atoms with Gasteiger partial charge in [0, 0.05) is 19.0 Å². The van der Waals surface area contributed by atoms with E-state index in [1.807, 2.05) is 0 Å². The standard InChI is InChI=1S/C11H13NO3/c1-3-10(14)9-6-8(12)4-5-11(9)15-7(2)13/h4-6H,3,12H2,1-2H3. The Bertz CT molecular complexity index is 399. The summed E-state index contributed by atoms with van der Waals surface area (Å²) in [6, 6.07) is 4.63. The minimum atomic E-state index is -0.454. The number of nitrogen functional groups attached to an aromatic ring is 1. The van der Waals surface area contributed by atoms with Crippen LogP contribution in [0.3, 0.4) is 0 Å². The highest BCUT2D eigenvalue weighted by atomic mass is 16.5. The van der Waals surface area contributed by atoms with Gasteiger partial charge >= 0.3 is 5.97 Å². The fourth-order valence-electron chi connectivity index (χ4n) is 1.20. The predicted octanol–water partition coefficient (Wildman–Crippen LogP) is 1.79. The van der Waals surface area contributed by atoms with Gasteiger partial charge in [-0.15, -0.1) is 0 Å². The number of Topliss-reactive ketones (excluding diaryl/α,β-unsaturated/α-hetero) is 1. The lowest BCUT2D eigenvalue weighted by Crippen LogP contribution is -2.07. The van der Waals surface area contributed by atoms with Gasteiger partial charge in [0.1, 0.15) is 5.75 Å². The molecule has 0 radical (unpaired) electrons. The molecule has 0 saturated carbocycles. The minimum absolute atomic E-state index is 0.0986. The Kier molecular flexibility index (Phi) is 3.44. The van der Waals surface area contributed by atoms with Crippen LogP contribution >= 0.6 is 0 Å². The summed E-state index contributed by atoms with van der Waals surface area (Å²) in [6.07, 6.45) is 0.345. The van der Waals surface area contributed by atoms with Crippen molar-refractivity contribution in [3.8, 4) is 5.75 Å². The third-order valence-electron chi connectivity index (χ3n) is 1.88. The van der Waals surface area contributed by atoms with Crippen LogP contribution < -0.4 is 10.5 Å². The van der Waals surface area contributed by atoms with E-state index in [9.17, 15) is 9.59 Å². The number of nitrogens with two attached hydrogens (primary N) is 1. The van der Waals surface area contributed by atoms with Crippen LogP contribution in [0.4, 0.5) is 5.69 Å². The lowest BCUT2D eigenvalue weighted by atomic mass is 10.1. The van der Waals surface area contributed by atoms with E-state index in [1.54, 1.807) is 13.0 Å². The average Bonchev–Trinajstić information content (AvgIpc) is 2.19. The molecule has 1 rings (SSSR count). The van der Waals surface area contributed by atoms with Crippen molar-refractivity contribution in [2.45, 2.75) is 20.3 Å². The summed E-state index contributed by atoms with van der Waals surface area (Å²) in [4.78, 5) is 22.3. The molecular formula is C11H13NO3. The molecule has 0 aliphatic heterocycles. The zero-order chi connectivity index (χ0) is 11.4. The number of rotatable bonds is 3. The van der Waals surface area contributed by atoms with Gasteiger partial charge in [0.05, 0.1) is 5.56 Å². The normalized spacial score (nSPS) is 9.73. The molecule has 15 heavy (non-hydrogen) atoms. The van der Waals surface area contributed by atoms with Crippen LogP contribution in [0.25, 0.3) is 0 Å². The second-order valence-electron chi connectivity index (χ2n) is 3.13. The Morgan fingerprint density at radius 2 is 2.07 bits per heavy atom. The highest BCUT2D eigenvalue weighted by molar-refractivity contribution is 5.99. The quantitative estimate of drug-likeness (QED) is 0.355. The maximum Gasteiger partial charge on any atom is 0.308 e. The second kappa shape index (κ2) is 4.59. The molecule has 2 N–H and O–H groups in total. The van der Waals surface area contributed by atoms with E-state index >= 15 is 0 Å². The fraction of sp³-hybridized carbons (Fsp3) is 0.273. The molecule has 0 fully saturated rings. The smallest absolute Gasteiger partial charge is 0.308 e. The Labute approximate surface area is 88.0 Å². The molecule has 80 valence electrons. The fourth-order valence-corrected chi connectivity index (χ4v) is 1.20. The highest BCUT2D eigenvalue weighted by Gasteiger charge is 2.12. The van der Waals surface area contributed by atoms with Crippen LogP contribution in [-0.4, -0.2) is 11.8 Å². The molecule has 0 aliphatic rings. The van der Waals surface area contributed by atoms with E-state index in [-0.39, 0.29) is 11.5 Å². The molecule has 0 saturated heterocycles. The molecular weight excluding hydrogens is 194 g/mol. The lowest BCUT2D eigenvalue weighted by Gasteiger charge is -2.07. The van der Waals surface area contributed by atoms with Gasteiger partial charge in [-0.2, -0.15) is 0 Å². The van der Waals surface area contributed by atoms with Gasteiger partial charge in [-0.3, -0.25) is 9.59 Å². The SMILES string of the molecule is CCC(=O)c1cc(N)ccc1OC(C)=O. The van der Waals surface area contributed by atoms with E-state index in [4.69, 9.17) is 10.5 Å². The second-order valence-corrected chi connectivity index (χ2v) is 3.13. The Hall–Kier alpha value is -1.84. The van der Waals surface area contributed by atoms with Crippen LogP contribution in [0.2, 0.25) is 0 Å². The van der Waals surface area contributed by atoms with Crippen LogP contribution in [-0.2, 0) is 4.79 Å². The van der Waals surface area contributed by atoms with Crippen LogP contribution in [0.15, 0.2) is 18.2 Å². The van der Waals surface area contributed by atoms with Crippen molar-refractivity contribution in [3.63, 3.8) is 0 Å². The van der Waals surface area contributed by atoms with E-state index in [1.165, 1.54) is 19.1 Å². The average molecular weight is 207 g/mol. The molecule has 0 aromatic heterocycles. The molecule has 0 amide bonds. The summed E-state index contributed by atoms with van der Waals surface area (Å²) in [7, 11) is 0. The number of carbonyl (C=O) groups is 2. The van der Waals surface area contributed by atoms with Crippen molar-refractivity contribution < 1.29 is 14.3 Å². The van der Waals surface area contributed by atoms with Gasteiger partial charge in [0.2, 0.25) is 0 Å². The monoisotopic (exact) mass is 207 g/mol. The zero-order valence-electron chi connectivity index (χ0n) is 8.74. The molecule has 1 aromatic carbocycles. The molecule has 0 unspecified atom stereocenters. The number of hydrogen-bond donors (Lipinski definition) is 1. The summed E-state index contributed by atoms with van der Waals surface area (Å²) in [5.74, 6) is -0.285. The molecule has 0 aliphatic carbocycles. The van der Waals surface area contributed by atoms with Crippen LogP contribution in [0, 0.1) is 0 Å². The summed E-state index contributed by atoms with van der Waals surface area (Å²) in [6.45, 7) is 3.03. The number of carbonyl (C=O) groups excluding carboxylic acids is 2. The molecule has 1 aromatic rings. The maximum absolute atomic E-state index is 11.5. The van der Waals surface area contributed by atoms with E-state index < -0.39 is 5.97 Å². The van der Waals surface area contributed by atoms with E-state index in [2.05, 4.69) is 0 Å². The summed E-state index contributed by atoms with van der Waals surface area (Å²) >= 11 is 0. The van der Waals surface area contributed by atoms with Crippen molar-refractivity contribution in [1.29, 1.82) is 0 Å². The van der Waals surface area contributed by atoms with Gasteiger partial charge in [-0.1, -0.05) is 6.92 Å². The van der Waals surface area contributed by atoms with Crippen LogP contribution in [0.1, 0.15) is 30.6 Å². The number of ether oxygens (including phenoxy) is 1. The minimum Gasteiger partial charge on any atom is -0.426 e. The maximum atomic E-state index is 11.5. The Balaban J connectivity index is 3.14. The largest absolute Gasteiger partial charge is 0.426 e. The lowest BCUT2D eigenvalue weighted by molar-refractivity contribution is -0.131. The number of anilines is 1. The first kappa shape index (κ1) is 11.2. The van der Waals surface area contributed by atoms with E-state index in [0.717, 1.165) is 0 Å². The van der Waals surface area contributed by atoms with Crippen molar-refractivity contribution in [2.24, 2.45) is 0 Å². The molecule has 0 atom stereocenters. The van der Waals surface area contributed by atoms with Gasteiger partial charge in [-0.25, -0.2) is 0 Å². The number of hydrogen-bond acceptors (Lipinski definition) is 4. The van der Waals surface area contributed by atoms with Gasteiger partial charge in [-0.05, 0) is 18.2 Å². The van der Waals surface area contributed by atoms with Crippen molar-refractivity contribution in [3.05, 3.63) is 23.8 Å². The molecule has 4 heteroatoms. The number of ketones is 1. The Morgan fingerprint density at radius 1 is 1.40 bits per heavy atom. The van der Waals surface area contributed by atoms with Gasteiger partial charge < -0.3 is 10.5 Å². The summed E-state index contributed by atoms with van der Waals surface area (Å²) < 4.78 is 4.91. The first-order valence-electron chi connectivity index (χ1n) is 4.65. The Morgan fingerprint density at radius 3 is 2.60 bits per heavy atom. The van der Waals surface area contributed by atoms with Crippen molar-refractivity contribution in [2.75, 3.05) is 5.73 Å². The first-order valence-corrected chi connectivity index (χ1v) is 4.65. The summed E-state index contributed by atoms with van der Waals surface area (Å²) in [5.41, 5.74) is 6.39. The third kappa shape index (κ3) is 2.80. The van der Waals surface area contributed by atoms with Gasteiger partial charge in [0.15, 0.2) is 5.78 Å². The van der Waals surface area contributed by atoms with Crippen molar-refractivity contribution >= 4 is 17.4 Å². The van der Waals surface area contributed by atoms with Gasteiger partial charge in [0.25, 0.3) is 0 Å². The van der Waals surface area contributed by atoms with E-state index in [0.29, 0.717) is 17.7 Å². The molecule has 0 bridgehead atoms. The number of benzene rings is 1. The first-order chi connectivity index (χ1) is 7.04. The number of esters is 1. The predicted molar refractivity (Wildman–Crippen MR) is 56.8 cm³/mol. The van der Waals surface area contributed by atoms with Crippen LogP contribution in [0.5, 0.6) is 5.75 Å². The summed E-state index contributed by atoms with van der Waals surface area (Å²) in [5, 5.41) is 0. The zero-order valence-corrected chi connectivity index (χ0v) is 8.74. The molecule has 4 nitrogen and oxygen atoms in total.